The zero-order valence-electron chi connectivity index (χ0n) is 18.0. The summed E-state index contributed by atoms with van der Waals surface area (Å²) in [7, 11) is -3.47. The van der Waals surface area contributed by atoms with Gasteiger partial charge in [-0.1, -0.05) is 19.1 Å². The number of amides is 1. The van der Waals surface area contributed by atoms with Crippen LogP contribution in [0, 0.1) is 5.82 Å². The fraction of sp³-hybridized carbons (Fsp3) is 0.304. The Morgan fingerprint density at radius 1 is 1.15 bits per heavy atom. The van der Waals surface area contributed by atoms with Crippen LogP contribution >= 0.6 is 11.3 Å². The van der Waals surface area contributed by atoms with Gasteiger partial charge in [-0.05, 0) is 55.7 Å². The van der Waals surface area contributed by atoms with Gasteiger partial charge in [-0.3, -0.25) is 10.1 Å². The summed E-state index contributed by atoms with van der Waals surface area (Å²) in [6.45, 7) is 2.94. The van der Waals surface area contributed by atoms with E-state index in [-0.39, 0.29) is 16.6 Å². The van der Waals surface area contributed by atoms with Crippen molar-refractivity contribution in [2.45, 2.75) is 37.2 Å². The Labute approximate surface area is 196 Å². The highest BCUT2D eigenvalue weighted by Gasteiger charge is 2.27. The molecule has 174 valence electrons. The molecule has 1 aromatic heterocycles. The van der Waals surface area contributed by atoms with E-state index in [9.17, 15) is 17.6 Å². The molecule has 0 bridgehead atoms. The number of hydrogen-bond acceptors (Lipinski definition) is 6. The van der Waals surface area contributed by atoms with E-state index >= 15 is 0 Å². The highest BCUT2D eigenvalue weighted by atomic mass is 32.2. The molecule has 0 unspecified atom stereocenters. The Balaban J connectivity index is 1.41. The summed E-state index contributed by atoms with van der Waals surface area (Å²) in [5.41, 5.74) is 1.38. The van der Waals surface area contributed by atoms with Crippen LogP contribution in [0.1, 0.15) is 26.2 Å². The van der Waals surface area contributed by atoms with Crippen molar-refractivity contribution < 1.29 is 22.3 Å². The Morgan fingerprint density at radius 2 is 1.82 bits per heavy atom. The first-order valence-electron chi connectivity index (χ1n) is 10.7. The lowest BCUT2D eigenvalue weighted by Crippen LogP contribution is -2.32. The third-order valence-electron chi connectivity index (χ3n) is 5.34. The Hall–Kier alpha value is -2.82. The Kier molecular flexibility index (Phi) is 7.06. The number of sulfonamides is 1. The SMILES string of the molecule is CC[C@@H](Oc1ccc(F)cc1)C(=O)Nc1nc(-c2ccc(S(=O)(=O)N3CCCC3)cc2)cs1. The van der Waals surface area contributed by atoms with E-state index in [1.807, 2.05) is 6.92 Å². The van der Waals surface area contributed by atoms with Gasteiger partial charge < -0.3 is 4.74 Å². The monoisotopic (exact) mass is 489 g/mol. The van der Waals surface area contributed by atoms with Crippen LogP contribution in [0.4, 0.5) is 9.52 Å². The predicted molar refractivity (Wildman–Crippen MR) is 125 cm³/mol. The van der Waals surface area contributed by atoms with E-state index in [2.05, 4.69) is 10.3 Å². The molecule has 0 saturated carbocycles. The van der Waals surface area contributed by atoms with E-state index in [0.717, 1.165) is 18.4 Å². The molecule has 2 heterocycles. The highest BCUT2D eigenvalue weighted by Crippen LogP contribution is 2.28. The standard InChI is InChI=1S/C23H24FN3O4S2/c1-2-21(31-18-9-7-17(24)8-10-18)22(28)26-23-25-20(15-32-23)16-5-11-19(12-6-16)33(29,30)27-13-3-4-14-27/h5-12,15,21H,2-4,13-14H2,1H3,(H,25,26,28)/t21-/m1/s1. The molecule has 1 fully saturated rings. The number of anilines is 1. The number of halogens is 1. The van der Waals surface area contributed by atoms with E-state index in [1.165, 1.54) is 39.9 Å². The van der Waals surface area contributed by atoms with Gasteiger partial charge in [0.1, 0.15) is 11.6 Å². The van der Waals surface area contributed by atoms with Gasteiger partial charge in [0, 0.05) is 24.0 Å². The summed E-state index contributed by atoms with van der Waals surface area (Å²) >= 11 is 1.26. The minimum absolute atomic E-state index is 0.264. The third kappa shape index (κ3) is 5.40. The number of nitrogens with one attached hydrogen (secondary N) is 1. The zero-order chi connectivity index (χ0) is 23.4. The summed E-state index contributed by atoms with van der Waals surface area (Å²) in [5.74, 6) is -0.325. The van der Waals surface area contributed by atoms with Crippen molar-refractivity contribution in [3.8, 4) is 17.0 Å². The average Bonchev–Trinajstić information content (AvgIpc) is 3.52. The molecule has 1 aliphatic heterocycles. The number of rotatable bonds is 8. The van der Waals surface area contributed by atoms with Crippen LogP contribution in [0.3, 0.4) is 0 Å². The van der Waals surface area contributed by atoms with Gasteiger partial charge in [0.2, 0.25) is 10.0 Å². The summed E-state index contributed by atoms with van der Waals surface area (Å²) in [4.78, 5) is 17.3. The molecule has 1 atom stereocenters. The Morgan fingerprint density at radius 3 is 2.45 bits per heavy atom. The molecule has 0 aliphatic carbocycles. The molecule has 3 aromatic rings. The molecule has 0 radical (unpaired) electrons. The predicted octanol–water partition coefficient (Wildman–Crippen LogP) is 4.53. The maximum atomic E-state index is 13.1. The van der Waals surface area contributed by atoms with Crippen LogP contribution in [0.25, 0.3) is 11.3 Å². The first-order valence-corrected chi connectivity index (χ1v) is 13.0. The minimum Gasteiger partial charge on any atom is -0.481 e. The number of carbonyl (C=O) groups excluding carboxylic acids is 1. The maximum Gasteiger partial charge on any atom is 0.267 e. The second-order valence-corrected chi connectivity index (χ2v) is 10.4. The zero-order valence-corrected chi connectivity index (χ0v) is 19.7. The van der Waals surface area contributed by atoms with Crippen LogP contribution in [-0.4, -0.2) is 42.8 Å². The van der Waals surface area contributed by atoms with Crippen LogP contribution in [0.5, 0.6) is 5.75 Å². The van der Waals surface area contributed by atoms with E-state index < -0.39 is 16.1 Å². The maximum absolute atomic E-state index is 13.1. The fourth-order valence-corrected chi connectivity index (χ4v) is 5.76. The summed E-state index contributed by atoms with van der Waals surface area (Å²) in [5, 5.41) is 4.95. The quantitative estimate of drug-likeness (QED) is 0.502. The number of nitrogens with zero attached hydrogens (tertiary/aromatic N) is 2. The van der Waals surface area contributed by atoms with Gasteiger partial charge in [0.25, 0.3) is 5.91 Å². The number of ether oxygens (including phenoxy) is 1. The molecule has 10 heteroatoms. The van der Waals surface area contributed by atoms with Gasteiger partial charge in [-0.15, -0.1) is 11.3 Å². The number of thiazole rings is 1. The third-order valence-corrected chi connectivity index (χ3v) is 8.01. The van der Waals surface area contributed by atoms with Gasteiger partial charge in [-0.25, -0.2) is 17.8 Å². The van der Waals surface area contributed by atoms with Crippen LogP contribution < -0.4 is 10.1 Å². The molecule has 2 aromatic carbocycles. The summed E-state index contributed by atoms with van der Waals surface area (Å²) < 4.78 is 45.6. The second-order valence-electron chi connectivity index (χ2n) is 7.63. The second kappa shape index (κ2) is 9.98. The molecular formula is C23H24FN3O4S2. The van der Waals surface area contributed by atoms with Gasteiger partial charge in [0.05, 0.1) is 10.6 Å². The van der Waals surface area contributed by atoms with Crippen molar-refractivity contribution in [2.75, 3.05) is 18.4 Å². The van der Waals surface area contributed by atoms with Gasteiger partial charge in [-0.2, -0.15) is 4.31 Å². The van der Waals surface area contributed by atoms with Crippen molar-refractivity contribution in [2.24, 2.45) is 0 Å². The first kappa shape index (κ1) is 23.3. The molecule has 1 aliphatic rings. The lowest BCUT2D eigenvalue weighted by molar-refractivity contribution is -0.122. The number of benzene rings is 2. The van der Waals surface area contributed by atoms with Crippen molar-refractivity contribution in [1.82, 2.24) is 9.29 Å². The van der Waals surface area contributed by atoms with Crippen LogP contribution in [-0.2, 0) is 14.8 Å². The molecule has 1 amide bonds. The van der Waals surface area contributed by atoms with Crippen LogP contribution in [0.2, 0.25) is 0 Å². The molecule has 7 nitrogen and oxygen atoms in total. The molecule has 0 spiro atoms. The van der Waals surface area contributed by atoms with E-state index in [4.69, 9.17) is 4.74 Å². The van der Waals surface area contributed by atoms with E-state index in [1.54, 1.807) is 29.6 Å². The fourth-order valence-electron chi connectivity index (χ4n) is 3.52. The smallest absolute Gasteiger partial charge is 0.267 e. The lowest BCUT2D eigenvalue weighted by Gasteiger charge is -2.16. The molecule has 4 rings (SSSR count). The largest absolute Gasteiger partial charge is 0.481 e. The summed E-state index contributed by atoms with van der Waals surface area (Å²) in [6.07, 6.45) is 1.45. The van der Waals surface area contributed by atoms with Crippen LogP contribution in [0.15, 0.2) is 58.8 Å². The summed E-state index contributed by atoms with van der Waals surface area (Å²) in [6, 6.07) is 12.1. The van der Waals surface area contributed by atoms with Crippen molar-refractivity contribution in [1.29, 1.82) is 0 Å². The highest BCUT2D eigenvalue weighted by molar-refractivity contribution is 7.89. The lowest BCUT2D eigenvalue weighted by atomic mass is 10.2. The normalized spacial score (nSPS) is 15.3. The number of aromatic nitrogens is 1. The van der Waals surface area contributed by atoms with Crippen molar-refractivity contribution in [3.05, 3.63) is 59.7 Å². The minimum atomic E-state index is -3.47. The van der Waals surface area contributed by atoms with Gasteiger partial charge in [0.15, 0.2) is 11.2 Å². The first-order chi connectivity index (χ1) is 15.9. The molecule has 33 heavy (non-hydrogen) atoms. The topological polar surface area (TPSA) is 88.6 Å². The van der Waals surface area contributed by atoms with Crippen molar-refractivity contribution >= 4 is 32.4 Å². The molecule has 1 saturated heterocycles. The van der Waals surface area contributed by atoms with Gasteiger partial charge >= 0.3 is 0 Å². The van der Waals surface area contributed by atoms with Crippen molar-refractivity contribution in [3.63, 3.8) is 0 Å². The average molecular weight is 490 g/mol. The molecule has 1 N–H and O–H groups in total. The number of hydrogen-bond donors (Lipinski definition) is 1. The molecular weight excluding hydrogens is 465 g/mol. The van der Waals surface area contributed by atoms with E-state index in [0.29, 0.717) is 36.1 Å². The Bertz CT molecular complexity index is 1210. The number of carbonyl (C=O) groups is 1.